The minimum atomic E-state index is -2.95. The van der Waals surface area contributed by atoms with E-state index in [4.69, 9.17) is 17.2 Å². The lowest BCUT2D eigenvalue weighted by Gasteiger charge is -2.36. The maximum Gasteiger partial charge on any atom is 0.269 e. The number of carbonyl (C=O) groups excluding carboxylic acids is 1. The molecule has 0 bridgehead atoms. The molecule has 20 heavy (non-hydrogen) atoms. The zero-order chi connectivity index (χ0) is 14.9. The van der Waals surface area contributed by atoms with Gasteiger partial charge in [-0.1, -0.05) is 0 Å². The van der Waals surface area contributed by atoms with E-state index < -0.39 is 23.9 Å². The monoisotopic (exact) mass is 286 g/mol. The molecular formula is C11H16F2N6O. The van der Waals surface area contributed by atoms with Gasteiger partial charge in [0.25, 0.3) is 11.8 Å². The van der Waals surface area contributed by atoms with Crippen LogP contribution in [0.5, 0.6) is 0 Å². The zero-order valence-corrected chi connectivity index (χ0v) is 10.6. The molecule has 0 aromatic carbocycles. The van der Waals surface area contributed by atoms with Gasteiger partial charge in [0.1, 0.15) is 11.9 Å². The molecule has 0 saturated heterocycles. The maximum absolute atomic E-state index is 13.8. The van der Waals surface area contributed by atoms with Crippen LogP contribution in [0.4, 0.5) is 20.5 Å². The molecule has 9 heteroatoms. The number of halogens is 2. The number of anilines is 2. The summed E-state index contributed by atoms with van der Waals surface area (Å²) in [6.45, 7) is 0. The van der Waals surface area contributed by atoms with Gasteiger partial charge in [0.15, 0.2) is 0 Å². The predicted molar refractivity (Wildman–Crippen MR) is 69.1 cm³/mol. The lowest BCUT2D eigenvalue weighted by atomic mass is 9.87. The molecule has 0 spiro atoms. The van der Waals surface area contributed by atoms with Crippen LogP contribution >= 0.6 is 0 Å². The molecule has 1 aliphatic rings. The van der Waals surface area contributed by atoms with E-state index in [0.717, 1.165) is 6.20 Å². The molecule has 7 N–H and O–H groups in total. The van der Waals surface area contributed by atoms with Crippen LogP contribution < -0.4 is 22.5 Å². The van der Waals surface area contributed by atoms with Crippen LogP contribution in [0.2, 0.25) is 0 Å². The van der Waals surface area contributed by atoms with Crippen molar-refractivity contribution < 1.29 is 13.6 Å². The Morgan fingerprint density at radius 3 is 2.75 bits per heavy atom. The van der Waals surface area contributed by atoms with Gasteiger partial charge in [-0.25, -0.2) is 13.8 Å². The second-order valence-corrected chi connectivity index (χ2v) is 4.80. The van der Waals surface area contributed by atoms with E-state index in [1.54, 1.807) is 0 Å². The lowest BCUT2D eigenvalue weighted by Crippen LogP contribution is -2.55. The summed E-state index contributed by atoms with van der Waals surface area (Å²) >= 11 is 0. The number of nitrogens with two attached hydrogens (primary N) is 3. The summed E-state index contributed by atoms with van der Waals surface area (Å²) in [5.74, 6) is -4.00. The van der Waals surface area contributed by atoms with Crippen LogP contribution in [0.25, 0.3) is 0 Å². The molecule has 0 aliphatic heterocycles. The van der Waals surface area contributed by atoms with E-state index in [1.165, 1.54) is 0 Å². The first kappa shape index (κ1) is 14.4. The highest BCUT2D eigenvalue weighted by Gasteiger charge is 2.46. The topological polar surface area (TPSA) is 133 Å². The minimum Gasteiger partial charge on any atom is -0.383 e. The normalized spacial score (nSPS) is 25.1. The summed E-state index contributed by atoms with van der Waals surface area (Å²) in [6, 6.07) is -1.98. The van der Waals surface area contributed by atoms with Crippen molar-refractivity contribution >= 4 is 17.7 Å². The Labute approximate surface area is 113 Å². The molecule has 2 atom stereocenters. The van der Waals surface area contributed by atoms with Crippen molar-refractivity contribution in [3.63, 3.8) is 0 Å². The molecule has 1 aromatic heterocycles. The molecule has 1 aromatic rings. The second kappa shape index (κ2) is 5.16. The van der Waals surface area contributed by atoms with Crippen LogP contribution in [0.15, 0.2) is 6.20 Å². The van der Waals surface area contributed by atoms with Crippen molar-refractivity contribution in [1.29, 1.82) is 0 Å². The van der Waals surface area contributed by atoms with Gasteiger partial charge < -0.3 is 22.5 Å². The van der Waals surface area contributed by atoms with Gasteiger partial charge in [-0.3, -0.25) is 4.79 Å². The number of aromatic nitrogens is 2. The van der Waals surface area contributed by atoms with Crippen molar-refractivity contribution in [1.82, 2.24) is 9.97 Å². The highest BCUT2D eigenvalue weighted by Crippen LogP contribution is 2.34. The first-order valence-electron chi connectivity index (χ1n) is 6.13. The van der Waals surface area contributed by atoms with E-state index in [9.17, 15) is 13.6 Å². The third-order valence-corrected chi connectivity index (χ3v) is 3.30. The Balaban J connectivity index is 2.20. The van der Waals surface area contributed by atoms with Gasteiger partial charge in [0.2, 0.25) is 5.95 Å². The standard InChI is InChI=1S/C11H16F2N6O/c12-11(13)3-1-2-6(14)7(11)18-10-17-4-5(9(16)20)8(15)19-10/h4,6-7H,1-3,14H2,(H2,16,20)(H3,15,17,18,19). The fourth-order valence-electron chi connectivity index (χ4n) is 2.21. The van der Waals surface area contributed by atoms with Crippen molar-refractivity contribution in [2.75, 3.05) is 11.1 Å². The molecular weight excluding hydrogens is 270 g/mol. The zero-order valence-electron chi connectivity index (χ0n) is 10.6. The number of nitrogens with zero attached hydrogens (tertiary/aromatic N) is 2. The summed E-state index contributed by atoms with van der Waals surface area (Å²) in [7, 11) is 0. The molecule has 0 radical (unpaired) electrons. The van der Waals surface area contributed by atoms with E-state index in [2.05, 4.69) is 15.3 Å². The van der Waals surface area contributed by atoms with Crippen LogP contribution in [0.3, 0.4) is 0 Å². The maximum atomic E-state index is 13.8. The van der Waals surface area contributed by atoms with Gasteiger partial charge >= 0.3 is 0 Å². The average Bonchev–Trinajstić information content (AvgIpc) is 2.33. The summed E-state index contributed by atoms with van der Waals surface area (Å²) in [4.78, 5) is 18.5. The van der Waals surface area contributed by atoms with Crippen LogP contribution in [-0.2, 0) is 0 Å². The number of amides is 1. The number of primary amides is 1. The summed E-state index contributed by atoms with van der Waals surface area (Å²) < 4.78 is 27.6. The quantitative estimate of drug-likeness (QED) is 0.622. The summed E-state index contributed by atoms with van der Waals surface area (Å²) in [5.41, 5.74) is 16.2. The van der Waals surface area contributed by atoms with Crippen molar-refractivity contribution in [3.8, 4) is 0 Å². The molecule has 2 unspecified atom stereocenters. The number of hydrogen-bond acceptors (Lipinski definition) is 6. The fourth-order valence-corrected chi connectivity index (χ4v) is 2.21. The predicted octanol–water partition coefficient (Wildman–Crippen LogP) is 0.0847. The number of rotatable bonds is 3. The van der Waals surface area contributed by atoms with E-state index in [-0.39, 0.29) is 23.8 Å². The Morgan fingerprint density at radius 1 is 1.50 bits per heavy atom. The molecule has 1 heterocycles. The SMILES string of the molecule is NC(=O)c1cnc(NC2C(N)CCCC2(F)F)nc1N. The van der Waals surface area contributed by atoms with Gasteiger partial charge in [0, 0.05) is 18.7 Å². The number of hydrogen-bond donors (Lipinski definition) is 4. The van der Waals surface area contributed by atoms with Crippen LogP contribution in [0.1, 0.15) is 29.6 Å². The molecule has 1 aliphatic carbocycles. The van der Waals surface area contributed by atoms with Crippen molar-refractivity contribution in [2.24, 2.45) is 11.5 Å². The van der Waals surface area contributed by atoms with E-state index in [1.807, 2.05) is 0 Å². The fraction of sp³-hybridized carbons (Fsp3) is 0.545. The van der Waals surface area contributed by atoms with Gasteiger partial charge in [0.05, 0.1) is 5.56 Å². The number of nitrogens with one attached hydrogen (secondary N) is 1. The molecule has 7 nitrogen and oxygen atoms in total. The first-order chi connectivity index (χ1) is 9.31. The smallest absolute Gasteiger partial charge is 0.269 e. The average molecular weight is 286 g/mol. The van der Waals surface area contributed by atoms with Gasteiger partial charge in [-0.15, -0.1) is 0 Å². The highest BCUT2D eigenvalue weighted by molar-refractivity contribution is 5.96. The van der Waals surface area contributed by atoms with Crippen molar-refractivity contribution in [3.05, 3.63) is 11.8 Å². The number of nitrogen functional groups attached to an aromatic ring is 1. The number of carbonyl (C=O) groups is 1. The Hall–Kier alpha value is -2.03. The van der Waals surface area contributed by atoms with Crippen LogP contribution in [-0.4, -0.2) is 33.9 Å². The first-order valence-corrected chi connectivity index (χ1v) is 6.13. The Morgan fingerprint density at radius 2 is 2.20 bits per heavy atom. The highest BCUT2D eigenvalue weighted by atomic mass is 19.3. The van der Waals surface area contributed by atoms with Gasteiger partial charge in [-0.05, 0) is 12.8 Å². The largest absolute Gasteiger partial charge is 0.383 e. The summed E-state index contributed by atoms with van der Waals surface area (Å²) in [5, 5.41) is 2.50. The van der Waals surface area contributed by atoms with Crippen molar-refractivity contribution in [2.45, 2.75) is 37.3 Å². The molecule has 1 amide bonds. The van der Waals surface area contributed by atoms with E-state index in [0.29, 0.717) is 12.8 Å². The van der Waals surface area contributed by atoms with Gasteiger partial charge in [-0.2, -0.15) is 4.98 Å². The third kappa shape index (κ3) is 2.77. The molecule has 1 fully saturated rings. The minimum absolute atomic E-state index is 0.0600. The second-order valence-electron chi connectivity index (χ2n) is 4.80. The number of alkyl halides is 2. The molecule has 2 rings (SSSR count). The lowest BCUT2D eigenvalue weighted by molar-refractivity contribution is -0.0513. The Kier molecular flexibility index (Phi) is 3.71. The summed E-state index contributed by atoms with van der Waals surface area (Å²) in [6.07, 6.45) is 1.71. The molecule has 110 valence electrons. The van der Waals surface area contributed by atoms with Crippen LogP contribution in [0, 0.1) is 0 Å². The Bertz CT molecular complexity index is 524. The third-order valence-electron chi connectivity index (χ3n) is 3.30. The molecule has 1 saturated carbocycles. The van der Waals surface area contributed by atoms with E-state index >= 15 is 0 Å².